The van der Waals surface area contributed by atoms with Crippen molar-refractivity contribution in [2.24, 2.45) is 0 Å². The zero-order valence-electron chi connectivity index (χ0n) is 7.27. The van der Waals surface area contributed by atoms with E-state index in [1.54, 1.807) is 6.08 Å². The molecule has 2 rings (SSSR count). The third kappa shape index (κ3) is 2.11. The average Bonchev–Trinajstić information content (AvgIpc) is 2.53. The molecule has 4 heteroatoms. The van der Waals surface area contributed by atoms with Crippen molar-refractivity contribution in [3.8, 4) is 0 Å². The molecule has 1 fully saturated rings. The number of nitrogens with zero attached hydrogens (tertiary/aromatic N) is 1. The maximum absolute atomic E-state index is 8.95. The van der Waals surface area contributed by atoms with E-state index >= 15 is 0 Å². The SMILES string of the molecule is OC1=[N+]=C(OC2CCCCO2)C=C1. The van der Waals surface area contributed by atoms with Crippen molar-refractivity contribution in [2.45, 2.75) is 25.6 Å². The molecule has 0 radical (unpaired) electrons. The molecule has 0 aromatic rings. The van der Waals surface area contributed by atoms with Crippen LogP contribution in [0.5, 0.6) is 0 Å². The van der Waals surface area contributed by atoms with Gasteiger partial charge in [0.05, 0.1) is 18.8 Å². The van der Waals surface area contributed by atoms with Gasteiger partial charge in [-0.1, -0.05) is 0 Å². The van der Waals surface area contributed by atoms with Crippen molar-refractivity contribution in [2.75, 3.05) is 6.61 Å². The summed E-state index contributed by atoms with van der Waals surface area (Å²) >= 11 is 0. The Labute approximate surface area is 76.2 Å². The zero-order chi connectivity index (χ0) is 9.10. The van der Waals surface area contributed by atoms with Gasteiger partial charge in [-0.25, -0.2) is 0 Å². The second-order valence-corrected chi connectivity index (χ2v) is 3.06. The molecule has 2 aliphatic heterocycles. The summed E-state index contributed by atoms with van der Waals surface area (Å²) < 4.78 is 14.5. The summed E-state index contributed by atoms with van der Waals surface area (Å²) in [5.74, 6) is 0.426. The van der Waals surface area contributed by atoms with Gasteiger partial charge in [0.25, 0.3) is 0 Å². The zero-order valence-corrected chi connectivity index (χ0v) is 7.27. The molecule has 0 saturated carbocycles. The molecule has 0 amide bonds. The van der Waals surface area contributed by atoms with Crippen LogP contribution in [0.1, 0.15) is 19.3 Å². The van der Waals surface area contributed by atoms with E-state index in [0.717, 1.165) is 25.9 Å². The van der Waals surface area contributed by atoms with Crippen molar-refractivity contribution in [1.29, 1.82) is 0 Å². The molecule has 2 heterocycles. The fourth-order valence-corrected chi connectivity index (χ4v) is 1.34. The molecule has 1 atom stereocenters. The van der Waals surface area contributed by atoms with Gasteiger partial charge in [0.2, 0.25) is 6.29 Å². The summed E-state index contributed by atoms with van der Waals surface area (Å²) in [5.41, 5.74) is 0. The Balaban J connectivity index is 1.91. The van der Waals surface area contributed by atoms with E-state index in [4.69, 9.17) is 14.6 Å². The summed E-state index contributed by atoms with van der Waals surface area (Å²) in [7, 11) is 0. The van der Waals surface area contributed by atoms with Gasteiger partial charge in [0.1, 0.15) is 0 Å². The Hall–Kier alpha value is -1.25. The Morgan fingerprint density at radius 2 is 2.38 bits per heavy atom. The number of aliphatic hydroxyl groups is 1. The second kappa shape index (κ2) is 3.64. The van der Waals surface area contributed by atoms with Crippen LogP contribution in [0.3, 0.4) is 0 Å². The maximum atomic E-state index is 8.95. The number of ether oxygens (including phenoxy) is 2. The Morgan fingerprint density at radius 3 is 3.00 bits per heavy atom. The molecule has 0 aromatic carbocycles. The van der Waals surface area contributed by atoms with Gasteiger partial charge in [-0.15, -0.1) is 0 Å². The molecule has 13 heavy (non-hydrogen) atoms. The van der Waals surface area contributed by atoms with Crippen molar-refractivity contribution >= 4 is 11.8 Å². The highest BCUT2D eigenvalue weighted by atomic mass is 16.7. The summed E-state index contributed by atoms with van der Waals surface area (Å²) in [6, 6.07) is 0. The quantitative estimate of drug-likeness (QED) is 0.601. The normalized spacial score (nSPS) is 26.9. The number of hydrogen-bond acceptors (Lipinski definition) is 2. The number of rotatable bonds is 1. The molecule has 1 N–H and O–H groups in total. The lowest BCUT2D eigenvalue weighted by molar-refractivity contribution is -0.113. The average molecular weight is 182 g/mol. The Kier molecular flexibility index (Phi) is 2.34. The van der Waals surface area contributed by atoms with Crippen LogP contribution in [0.25, 0.3) is 0 Å². The van der Waals surface area contributed by atoms with Crippen molar-refractivity contribution in [1.82, 2.24) is 4.67 Å². The highest BCUT2D eigenvalue weighted by Crippen LogP contribution is 2.13. The van der Waals surface area contributed by atoms with Gasteiger partial charge in [-0.3, -0.25) is 0 Å². The lowest BCUT2D eigenvalue weighted by Crippen LogP contribution is -2.25. The summed E-state index contributed by atoms with van der Waals surface area (Å²) in [5, 5.41) is 8.95. The first-order chi connectivity index (χ1) is 6.34. The summed E-state index contributed by atoms with van der Waals surface area (Å²) in [6.45, 7) is 0.747. The van der Waals surface area contributed by atoms with Crippen LogP contribution in [-0.2, 0) is 9.47 Å². The van der Waals surface area contributed by atoms with Gasteiger partial charge in [0, 0.05) is 11.1 Å². The van der Waals surface area contributed by atoms with Gasteiger partial charge in [-0.05, 0) is 12.8 Å². The molecule has 2 aliphatic rings. The van der Waals surface area contributed by atoms with Crippen molar-refractivity contribution in [3.05, 3.63) is 12.2 Å². The monoisotopic (exact) mass is 182 g/mol. The van der Waals surface area contributed by atoms with E-state index in [-0.39, 0.29) is 12.2 Å². The molecule has 0 aliphatic carbocycles. The van der Waals surface area contributed by atoms with E-state index < -0.39 is 0 Å². The van der Waals surface area contributed by atoms with E-state index in [0.29, 0.717) is 5.90 Å². The fourth-order valence-electron chi connectivity index (χ4n) is 1.34. The molecule has 1 saturated heterocycles. The molecule has 0 aromatic heterocycles. The van der Waals surface area contributed by atoms with E-state index in [1.165, 1.54) is 6.08 Å². The van der Waals surface area contributed by atoms with Crippen LogP contribution in [0.15, 0.2) is 12.2 Å². The number of aliphatic hydroxyl groups excluding tert-OH is 1. The lowest BCUT2D eigenvalue weighted by atomic mass is 10.2. The minimum atomic E-state index is -0.192. The second-order valence-electron chi connectivity index (χ2n) is 3.06. The third-order valence-corrected chi connectivity index (χ3v) is 1.99. The minimum Gasteiger partial charge on any atom is -0.447 e. The van der Waals surface area contributed by atoms with Crippen LogP contribution in [0.2, 0.25) is 0 Å². The summed E-state index contributed by atoms with van der Waals surface area (Å²) in [6.07, 6.45) is 6.05. The van der Waals surface area contributed by atoms with Crippen LogP contribution < -0.4 is 4.67 Å². The molecule has 4 nitrogen and oxygen atoms in total. The Morgan fingerprint density at radius 1 is 1.46 bits per heavy atom. The lowest BCUT2D eigenvalue weighted by Gasteiger charge is -2.20. The largest absolute Gasteiger partial charge is 0.495 e. The molecule has 0 spiro atoms. The first-order valence-electron chi connectivity index (χ1n) is 4.45. The predicted molar refractivity (Wildman–Crippen MR) is 48.6 cm³/mol. The van der Waals surface area contributed by atoms with E-state index in [2.05, 4.69) is 4.67 Å². The first-order valence-corrected chi connectivity index (χ1v) is 4.45. The molecule has 0 bridgehead atoms. The predicted octanol–water partition coefficient (Wildman–Crippen LogP) is 0.522. The van der Waals surface area contributed by atoms with Gasteiger partial charge in [0.15, 0.2) is 0 Å². The minimum absolute atomic E-state index is 0.00851. The van der Waals surface area contributed by atoms with Crippen LogP contribution in [0, 0.1) is 0 Å². The molecular weight excluding hydrogens is 170 g/mol. The third-order valence-electron chi connectivity index (χ3n) is 1.99. The Bertz CT molecular complexity index is 283. The van der Waals surface area contributed by atoms with Crippen molar-refractivity contribution < 1.29 is 14.6 Å². The van der Waals surface area contributed by atoms with Crippen LogP contribution in [-0.4, -0.2) is 29.8 Å². The molecular formula is C9H12NO3+. The molecule has 70 valence electrons. The highest BCUT2D eigenvalue weighted by Gasteiger charge is 2.24. The van der Waals surface area contributed by atoms with Crippen LogP contribution >= 0.6 is 0 Å². The van der Waals surface area contributed by atoms with Crippen molar-refractivity contribution in [3.63, 3.8) is 0 Å². The van der Waals surface area contributed by atoms with Gasteiger partial charge in [-0.2, -0.15) is 0 Å². The standard InChI is InChI=1S/C9H11NO3/c11-7-4-5-8(10-7)13-9-3-1-2-6-12-9/h4-5,9H,1-3,6H2/p+1. The topological polar surface area (TPSA) is 52.8 Å². The van der Waals surface area contributed by atoms with E-state index in [1.807, 2.05) is 0 Å². The molecule has 1 unspecified atom stereocenters. The van der Waals surface area contributed by atoms with Gasteiger partial charge >= 0.3 is 11.8 Å². The first kappa shape index (κ1) is 8.35. The van der Waals surface area contributed by atoms with E-state index in [9.17, 15) is 0 Å². The highest BCUT2D eigenvalue weighted by molar-refractivity contribution is 6.03. The fraction of sp³-hybridized carbons (Fsp3) is 0.556. The summed E-state index contributed by atoms with van der Waals surface area (Å²) in [4.78, 5) is 0. The smallest absolute Gasteiger partial charge is 0.447 e. The van der Waals surface area contributed by atoms with Crippen LogP contribution in [0.4, 0.5) is 0 Å². The maximum Gasteiger partial charge on any atom is 0.495 e. The van der Waals surface area contributed by atoms with Gasteiger partial charge < -0.3 is 14.6 Å². The number of hydrogen-bond donors (Lipinski definition) is 1.